The van der Waals surface area contributed by atoms with Gasteiger partial charge in [0.1, 0.15) is 5.16 Å². The van der Waals surface area contributed by atoms with Crippen molar-refractivity contribution in [3.8, 4) is 0 Å². The van der Waals surface area contributed by atoms with Crippen molar-refractivity contribution in [2.45, 2.75) is 13.0 Å². The van der Waals surface area contributed by atoms with Gasteiger partial charge in [-0.15, -0.1) is 0 Å². The fraction of sp³-hybridized carbons (Fsp3) is 0.368. The molecule has 1 unspecified atom stereocenters. The number of anilines is 2. The van der Waals surface area contributed by atoms with Gasteiger partial charge in [-0.2, -0.15) is 4.79 Å². The van der Waals surface area contributed by atoms with Crippen LogP contribution in [-0.2, 0) is 4.74 Å². The molecule has 4 rings (SSSR count). The van der Waals surface area contributed by atoms with Gasteiger partial charge in [-0.3, -0.25) is 10.1 Å². The molecule has 1 amide bonds. The minimum Gasteiger partial charge on any atom is -0.409 e. The van der Waals surface area contributed by atoms with Crippen LogP contribution in [0.3, 0.4) is 0 Å². The predicted molar refractivity (Wildman–Crippen MR) is 119 cm³/mol. The van der Waals surface area contributed by atoms with Crippen LogP contribution in [0, 0.1) is 15.9 Å². The number of nitrogens with zero attached hydrogens (tertiary/aromatic N) is 5. The Hall–Kier alpha value is -2.92. The van der Waals surface area contributed by atoms with E-state index in [9.17, 15) is 14.9 Å². The average Bonchev–Trinajstić information content (AvgIpc) is 3.34. The summed E-state index contributed by atoms with van der Waals surface area (Å²) < 4.78 is 19.7. The van der Waals surface area contributed by atoms with Crippen molar-refractivity contribution < 1.29 is 18.8 Å². The second-order valence-corrected chi connectivity index (χ2v) is 8.54. The molecule has 0 N–H and O–H groups in total. The molecule has 31 heavy (non-hydrogen) atoms. The maximum absolute atomic E-state index is 15.1. The lowest BCUT2D eigenvalue weighted by molar-refractivity contribution is -0.380. The van der Waals surface area contributed by atoms with E-state index < -0.39 is 21.4 Å². The minimum absolute atomic E-state index is 0.102. The molecule has 0 saturated carbocycles. The van der Waals surface area contributed by atoms with Crippen LogP contribution >= 0.6 is 23.6 Å². The summed E-state index contributed by atoms with van der Waals surface area (Å²) in [6, 6.07) is 7.81. The van der Waals surface area contributed by atoms with E-state index in [0.29, 0.717) is 37.6 Å². The van der Waals surface area contributed by atoms with Crippen molar-refractivity contribution in [2.24, 2.45) is 5.10 Å². The zero-order chi connectivity index (χ0) is 22.2. The molecule has 2 aromatic rings. The van der Waals surface area contributed by atoms with E-state index in [0.717, 1.165) is 16.3 Å². The Labute approximate surface area is 186 Å². The monoisotopic (exact) mass is 464 g/mol. The van der Waals surface area contributed by atoms with Crippen LogP contribution in [0.1, 0.15) is 6.92 Å². The number of amides is 1. The molecular formula is C19H19FN5O4S2+. The topological polar surface area (TPSA) is 88.3 Å². The van der Waals surface area contributed by atoms with Crippen LogP contribution in [-0.4, -0.2) is 55.0 Å². The average molecular weight is 465 g/mol. The maximum Gasteiger partial charge on any atom is 0.550 e. The van der Waals surface area contributed by atoms with E-state index in [2.05, 4.69) is 15.2 Å². The number of piperazine rings is 1. The molecule has 162 valence electrons. The number of nitro groups is 1. The summed E-state index contributed by atoms with van der Waals surface area (Å²) in [5.74, 6) is -0.470. The van der Waals surface area contributed by atoms with Gasteiger partial charge in [-0.05, 0) is 47.7 Å². The highest BCUT2D eigenvalue weighted by Gasteiger charge is 2.52. The van der Waals surface area contributed by atoms with Crippen LogP contribution in [0.15, 0.2) is 35.4 Å². The number of benzene rings is 1. The number of quaternary nitrogens is 1. The molecule has 3 heterocycles. The zero-order valence-corrected chi connectivity index (χ0v) is 18.2. The number of hydrogen-bond donors (Lipinski definition) is 0. The van der Waals surface area contributed by atoms with Gasteiger partial charge in [0.2, 0.25) is 0 Å². The molecule has 2 atom stereocenters. The quantitative estimate of drug-likeness (QED) is 0.217. The molecule has 2 fully saturated rings. The summed E-state index contributed by atoms with van der Waals surface area (Å²) in [6.07, 6.45) is -0.987. The number of carbonyl (C=O) groups excluding carboxylic acids is 1. The van der Waals surface area contributed by atoms with Crippen LogP contribution in [0.25, 0.3) is 0 Å². The smallest absolute Gasteiger partial charge is 0.409 e. The second-order valence-electron chi connectivity index (χ2n) is 7.32. The number of thiocarbonyl (C=S) groups is 1. The summed E-state index contributed by atoms with van der Waals surface area (Å²) in [6.45, 7) is 4.28. The fourth-order valence-corrected chi connectivity index (χ4v) is 4.91. The van der Waals surface area contributed by atoms with Gasteiger partial charge in [-0.1, -0.05) is 4.59 Å². The normalized spacial score (nSPS) is 23.4. The highest BCUT2D eigenvalue weighted by atomic mass is 32.1. The Morgan fingerprint density at radius 3 is 2.55 bits per heavy atom. The van der Waals surface area contributed by atoms with Crippen LogP contribution in [0.5, 0.6) is 0 Å². The summed E-state index contributed by atoms with van der Waals surface area (Å²) in [5.41, 5.74) is 0.753. The van der Waals surface area contributed by atoms with Gasteiger partial charge < -0.3 is 14.5 Å². The number of rotatable bonds is 5. The van der Waals surface area contributed by atoms with E-state index in [-0.39, 0.29) is 17.6 Å². The summed E-state index contributed by atoms with van der Waals surface area (Å²) in [7, 11) is 0. The highest BCUT2D eigenvalue weighted by Crippen LogP contribution is 2.36. The third-order valence-corrected chi connectivity index (χ3v) is 6.56. The van der Waals surface area contributed by atoms with Gasteiger partial charge >= 0.3 is 11.1 Å². The number of hydrogen-bond acceptors (Lipinski definition) is 9. The van der Waals surface area contributed by atoms with Gasteiger partial charge in [0.25, 0.3) is 0 Å². The Bertz CT molecular complexity index is 1080. The molecule has 2 saturated heterocycles. The van der Waals surface area contributed by atoms with E-state index >= 15 is 4.39 Å². The number of cyclic esters (lactones) is 1. The minimum atomic E-state index is -0.615. The lowest BCUT2D eigenvalue weighted by Crippen LogP contribution is -2.47. The first-order valence-electron chi connectivity index (χ1n) is 9.57. The van der Waals surface area contributed by atoms with E-state index in [1.165, 1.54) is 12.1 Å². The SMILES string of the molecule is CC1C[N@+](N=C=S)(c2ccc(N3CCN(c4ccc([N+](=O)[O-])s4)CC3)c(F)c2)C(=O)O1. The predicted octanol–water partition coefficient (Wildman–Crippen LogP) is 3.99. The summed E-state index contributed by atoms with van der Waals surface area (Å²) in [4.78, 5) is 26.9. The molecule has 0 radical (unpaired) electrons. The van der Waals surface area contributed by atoms with Gasteiger partial charge in [0.15, 0.2) is 24.2 Å². The lowest BCUT2D eigenvalue weighted by atomic mass is 10.2. The molecule has 9 nitrogen and oxygen atoms in total. The second kappa shape index (κ2) is 8.31. The van der Waals surface area contributed by atoms with Crippen LogP contribution < -0.4 is 14.4 Å². The van der Waals surface area contributed by atoms with Crippen molar-refractivity contribution in [1.29, 1.82) is 0 Å². The first-order valence-corrected chi connectivity index (χ1v) is 10.8. The molecule has 0 aliphatic carbocycles. The first-order chi connectivity index (χ1) is 14.8. The Morgan fingerprint density at radius 1 is 1.29 bits per heavy atom. The third-order valence-electron chi connectivity index (χ3n) is 5.38. The van der Waals surface area contributed by atoms with Crippen molar-refractivity contribution in [3.63, 3.8) is 0 Å². The van der Waals surface area contributed by atoms with Crippen molar-refractivity contribution >= 4 is 56.2 Å². The van der Waals surface area contributed by atoms with Crippen molar-refractivity contribution in [1.82, 2.24) is 4.59 Å². The zero-order valence-electron chi connectivity index (χ0n) is 16.6. The standard InChI is InChI=1S/C19H19FN5O4S2/c1-13-11-25(21-12-30,19(26)29-13)14-2-3-16(15(20)10-14)22-6-8-23(9-7-22)17-4-5-18(31-17)24(27)28/h2-5,10,13H,6-9,11H2,1H3/q+1/t13?,25-/m0/s1. The van der Waals surface area contributed by atoms with Crippen molar-refractivity contribution in [2.75, 3.05) is 42.5 Å². The molecule has 2 aliphatic rings. The summed E-state index contributed by atoms with van der Waals surface area (Å²) >= 11 is 5.83. The van der Waals surface area contributed by atoms with E-state index in [4.69, 9.17) is 17.0 Å². The molecule has 0 bridgehead atoms. The summed E-state index contributed by atoms with van der Waals surface area (Å²) in [5, 5.41) is 18.0. The first kappa shape index (κ1) is 21.3. The number of carbonyl (C=O) groups is 1. The van der Waals surface area contributed by atoms with Gasteiger partial charge in [0.05, 0.1) is 15.6 Å². The van der Waals surface area contributed by atoms with Crippen LogP contribution in [0.4, 0.5) is 30.6 Å². The van der Waals surface area contributed by atoms with Gasteiger partial charge in [0, 0.05) is 44.4 Å². The fourth-order valence-electron chi connectivity index (χ4n) is 3.90. The van der Waals surface area contributed by atoms with Crippen molar-refractivity contribution in [3.05, 3.63) is 46.3 Å². The number of halogens is 1. The molecule has 1 aromatic heterocycles. The Kier molecular flexibility index (Phi) is 5.71. The number of isothiocyanates is 1. The molecule has 1 aromatic carbocycles. The molecule has 2 aliphatic heterocycles. The third kappa shape index (κ3) is 3.90. The van der Waals surface area contributed by atoms with Crippen LogP contribution in [0.2, 0.25) is 0 Å². The largest absolute Gasteiger partial charge is 0.550 e. The highest BCUT2D eigenvalue weighted by molar-refractivity contribution is 7.78. The number of thiophene rings is 1. The Balaban J connectivity index is 1.51. The maximum atomic E-state index is 15.1. The molecule has 12 heteroatoms. The van der Waals surface area contributed by atoms with Gasteiger partial charge in [-0.25, -0.2) is 4.39 Å². The van der Waals surface area contributed by atoms with E-state index in [1.807, 2.05) is 4.90 Å². The molecular weight excluding hydrogens is 445 g/mol. The van der Waals surface area contributed by atoms with E-state index in [1.54, 1.807) is 25.1 Å². The number of ether oxygens (including phenoxy) is 1. The Morgan fingerprint density at radius 2 is 2.00 bits per heavy atom. The lowest BCUT2D eigenvalue weighted by Gasteiger charge is -2.36. The molecule has 0 spiro atoms.